The lowest BCUT2D eigenvalue weighted by atomic mass is 10.2. The van der Waals surface area contributed by atoms with E-state index in [0.717, 1.165) is 21.4 Å². The fourth-order valence-corrected chi connectivity index (χ4v) is 2.92. The minimum absolute atomic E-state index is 0.143. The predicted octanol–water partition coefficient (Wildman–Crippen LogP) is 3.48. The molecule has 2 aromatic carbocycles. The number of aromatic nitrogens is 1. The Morgan fingerprint density at radius 3 is 2.78 bits per heavy atom. The highest BCUT2D eigenvalue weighted by atomic mass is 32.2. The van der Waals surface area contributed by atoms with Crippen LogP contribution in [0.25, 0.3) is 10.9 Å². The van der Waals surface area contributed by atoms with Gasteiger partial charge in [0.15, 0.2) is 0 Å². The lowest BCUT2D eigenvalue weighted by Gasteiger charge is -2.04. The number of pyridine rings is 1. The number of nitrogens with zero attached hydrogens (tertiary/aromatic N) is 2. The van der Waals surface area contributed by atoms with Crippen molar-refractivity contribution in [2.45, 2.75) is 4.90 Å². The number of rotatable bonds is 5. The minimum Gasteiger partial charge on any atom is -0.272 e. The maximum absolute atomic E-state index is 11.9. The Hall–Kier alpha value is -2.66. The highest BCUT2D eigenvalue weighted by molar-refractivity contribution is 8.00. The minimum atomic E-state index is -0.143. The van der Waals surface area contributed by atoms with E-state index in [1.165, 1.54) is 11.8 Å². The number of carbonyl (C=O) groups is 1. The Bertz CT molecular complexity index is 829. The number of hydrogen-bond acceptors (Lipinski definition) is 4. The van der Waals surface area contributed by atoms with Gasteiger partial charge in [-0.2, -0.15) is 5.10 Å². The van der Waals surface area contributed by atoms with E-state index in [2.05, 4.69) is 15.5 Å². The molecular formula is C18H15N3OS. The van der Waals surface area contributed by atoms with Crippen molar-refractivity contribution in [1.29, 1.82) is 0 Å². The van der Waals surface area contributed by atoms with Crippen molar-refractivity contribution >= 4 is 34.8 Å². The third kappa shape index (κ3) is 4.17. The first-order chi connectivity index (χ1) is 11.3. The summed E-state index contributed by atoms with van der Waals surface area (Å²) in [6.07, 6.45) is 3.39. The van der Waals surface area contributed by atoms with Crippen LogP contribution >= 0.6 is 11.8 Å². The third-order valence-corrected chi connectivity index (χ3v) is 4.20. The van der Waals surface area contributed by atoms with E-state index in [1.54, 1.807) is 12.4 Å². The quantitative estimate of drug-likeness (QED) is 0.445. The molecule has 0 saturated heterocycles. The van der Waals surface area contributed by atoms with Gasteiger partial charge in [-0.25, -0.2) is 5.43 Å². The fraction of sp³-hybridized carbons (Fsp3) is 0.0556. The normalized spacial score (nSPS) is 11.0. The molecule has 0 radical (unpaired) electrons. The SMILES string of the molecule is O=C(CSc1cccc2cccnc12)N/N=C\c1ccccc1. The van der Waals surface area contributed by atoms with Crippen molar-refractivity contribution in [3.63, 3.8) is 0 Å². The largest absolute Gasteiger partial charge is 0.272 e. The van der Waals surface area contributed by atoms with Gasteiger partial charge in [0.05, 0.1) is 17.5 Å². The van der Waals surface area contributed by atoms with Crippen LogP contribution in [0.1, 0.15) is 5.56 Å². The van der Waals surface area contributed by atoms with Crippen LogP contribution in [-0.2, 0) is 4.79 Å². The van der Waals surface area contributed by atoms with Gasteiger partial charge in [-0.05, 0) is 17.7 Å². The lowest BCUT2D eigenvalue weighted by molar-refractivity contribution is -0.118. The van der Waals surface area contributed by atoms with E-state index in [-0.39, 0.29) is 5.91 Å². The number of thioether (sulfide) groups is 1. The maximum atomic E-state index is 11.9. The first-order valence-electron chi connectivity index (χ1n) is 7.16. The zero-order valence-electron chi connectivity index (χ0n) is 12.3. The summed E-state index contributed by atoms with van der Waals surface area (Å²) in [5.41, 5.74) is 4.40. The standard InChI is InChI=1S/C18H15N3OS/c22-17(21-20-12-14-6-2-1-3-7-14)13-23-16-10-4-8-15-9-5-11-19-18(15)16/h1-12H,13H2,(H,21,22)/b20-12-. The molecule has 114 valence electrons. The molecule has 0 aliphatic heterocycles. The molecule has 0 saturated carbocycles. The van der Waals surface area contributed by atoms with Crippen LogP contribution in [0.5, 0.6) is 0 Å². The van der Waals surface area contributed by atoms with Crippen molar-refractivity contribution in [3.05, 3.63) is 72.4 Å². The molecule has 1 heterocycles. The molecule has 1 aromatic heterocycles. The number of amides is 1. The molecule has 0 aliphatic carbocycles. The average molecular weight is 321 g/mol. The second-order valence-electron chi connectivity index (χ2n) is 4.82. The summed E-state index contributed by atoms with van der Waals surface area (Å²) in [5, 5.41) is 5.03. The Morgan fingerprint density at radius 1 is 1.09 bits per heavy atom. The van der Waals surface area contributed by atoms with Crippen LogP contribution in [0.3, 0.4) is 0 Å². The molecular weight excluding hydrogens is 306 g/mol. The molecule has 3 aromatic rings. The van der Waals surface area contributed by atoms with Gasteiger partial charge in [-0.1, -0.05) is 48.5 Å². The fourth-order valence-electron chi connectivity index (χ4n) is 2.09. The Kier molecular flexibility index (Phi) is 5.01. The van der Waals surface area contributed by atoms with Gasteiger partial charge >= 0.3 is 0 Å². The van der Waals surface area contributed by atoms with Crippen molar-refractivity contribution in [1.82, 2.24) is 10.4 Å². The van der Waals surface area contributed by atoms with Crippen LogP contribution in [0.15, 0.2) is 76.9 Å². The molecule has 0 spiro atoms. The highest BCUT2D eigenvalue weighted by Crippen LogP contribution is 2.25. The molecule has 0 atom stereocenters. The molecule has 0 fully saturated rings. The zero-order valence-corrected chi connectivity index (χ0v) is 13.2. The van der Waals surface area contributed by atoms with Gasteiger partial charge < -0.3 is 0 Å². The average Bonchev–Trinajstić information content (AvgIpc) is 2.61. The molecule has 0 aliphatic rings. The summed E-state index contributed by atoms with van der Waals surface area (Å²) < 4.78 is 0. The smallest absolute Gasteiger partial charge is 0.250 e. The summed E-state index contributed by atoms with van der Waals surface area (Å²) in [6.45, 7) is 0. The van der Waals surface area contributed by atoms with Crippen LogP contribution < -0.4 is 5.43 Å². The summed E-state index contributed by atoms with van der Waals surface area (Å²) in [7, 11) is 0. The monoisotopic (exact) mass is 321 g/mol. The molecule has 5 heteroatoms. The highest BCUT2D eigenvalue weighted by Gasteiger charge is 2.05. The van der Waals surface area contributed by atoms with Crippen LogP contribution in [0.2, 0.25) is 0 Å². The first kappa shape index (κ1) is 15.2. The molecule has 0 unspecified atom stereocenters. The molecule has 3 rings (SSSR count). The van der Waals surface area contributed by atoms with Crippen molar-refractivity contribution in [2.75, 3.05) is 5.75 Å². The molecule has 23 heavy (non-hydrogen) atoms. The Balaban J connectivity index is 1.57. The lowest BCUT2D eigenvalue weighted by Crippen LogP contribution is -2.19. The number of fused-ring (bicyclic) bond motifs is 1. The van der Waals surface area contributed by atoms with Gasteiger partial charge in [0.2, 0.25) is 5.91 Å². The van der Waals surface area contributed by atoms with E-state index >= 15 is 0 Å². The van der Waals surface area contributed by atoms with Gasteiger partial charge in [0.25, 0.3) is 0 Å². The predicted molar refractivity (Wildman–Crippen MR) is 94.6 cm³/mol. The topological polar surface area (TPSA) is 54.4 Å². The number of nitrogens with one attached hydrogen (secondary N) is 1. The van der Waals surface area contributed by atoms with Crippen LogP contribution in [0, 0.1) is 0 Å². The summed E-state index contributed by atoms with van der Waals surface area (Å²) >= 11 is 1.46. The number of para-hydroxylation sites is 1. The van der Waals surface area contributed by atoms with Gasteiger partial charge in [-0.3, -0.25) is 9.78 Å². The third-order valence-electron chi connectivity index (χ3n) is 3.16. The van der Waals surface area contributed by atoms with Crippen LogP contribution in [-0.4, -0.2) is 22.9 Å². The Labute approximate surface area is 138 Å². The molecule has 1 amide bonds. The first-order valence-corrected chi connectivity index (χ1v) is 8.15. The summed E-state index contributed by atoms with van der Waals surface area (Å²) in [5.74, 6) is 0.150. The molecule has 4 nitrogen and oxygen atoms in total. The van der Waals surface area contributed by atoms with Crippen molar-refractivity contribution in [2.24, 2.45) is 5.10 Å². The number of carbonyl (C=O) groups excluding carboxylic acids is 1. The number of benzene rings is 2. The van der Waals surface area contributed by atoms with Crippen LogP contribution in [0.4, 0.5) is 0 Å². The molecule has 0 bridgehead atoms. The second-order valence-corrected chi connectivity index (χ2v) is 5.84. The zero-order chi connectivity index (χ0) is 15.9. The summed E-state index contributed by atoms with van der Waals surface area (Å²) in [6, 6.07) is 19.5. The number of hydrazone groups is 1. The van der Waals surface area contributed by atoms with Crippen molar-refractivity contribution < 1.29 is 4.79 Å². The van der Waals surface area contributed by atoms with Gasteiger partial charge in [-0.15, -0.1) is 11.8 Å². The van der Waals surface area contributed by atoms with E-state index in [9.17, 15) is 4.79 Å². The van der Waals surface area contributed by atoms with E-state index < -0.39 is 0 Å². The second kappa shape index (κ2) is 7.56. The van der Waals surface area contributed by atoms with Gasteiger partial charge in [0, 0.05) is 16.5 Å². The Morgan fingerprint density at radius 2 is 1.91 bits per heavy atom. The molecule has 1 N–H and O–H groups in total. The van der Waals surface area contributed by atoms with Gasteiger partial charge in [0.1, 0.15) is 0 Å². The van der Waals surface area contributed by atoms with E-state index in [1.807, 2.05) is 60.7 Å². The van der Waals surface area contributed by atoms with E-state index in [4.69, 9.17) is 0 Å². The summed E-state index contributed by atoms with van der Waals surface area (Å²) in [4.78, 5) is 17.2. The maximum Gasteiger partial charge on any atom is 0.250 e. The number of hydrogen-bond donors (Lipinski definition) is 1. The van der Waals surface area contributed by atoms with Crippen molar-refractivity contribution in [3.8, 4) is 0 Å². The van der Waals surface area contributed by atoms with E-state index in [0.29, 0.717) is 5.75 Å².